The molecule has 0 spiro atoms. The third kappa shape index (κ3) is 4.38. The van der Waals surface area contributed by atoms with Crippen molar-refractivity contribution in [3.05, 3.63) is 0 Å². The third-order valence-corrected chi connectivity index (χ3v) is 3.59. The van der Waals surface area contributed by atoms with E-state index in [0.29, 0.717) is 18.7 Å². The summed E-state index contributed by atoms with van der Waals surface area (Å²) >= 11 is 4.18. The Labute approximate surface area is 119 Å². The number of amides is 1. The number of hydrogen-bond donors (Lipinski definition) is 2. The molecule has 1 unspecified atom stereocenters. The second kappa shape index (κ2) is 6.13. The molecule has 1 amide bonds. The number of rotatable bonds is 5. The number of carboxylic acid groups (broad SMARTS) is 1. The van der Waals surface area contributed by atoms with Crippen molar-refractivity contribution >= 4 is 24.5 Å². The molecular formula is C13H23NO4S. The normalized spacial score (nSPS) is 23.5. The quantitative estimate of drug-likeness (QED) is 0.751. The molecule has 0 radical (unpaired) electrons. The highest BCUT2D eigenvalue weighted by molar-refractivity contribution is 7.80. The number of hydrogen-bond acceptors (Lipinski definition) is 4. The zero-order chi connectivity index (χ0) is 14.8. The Morgan fingerprint density at radius 3 is 2.53 bits per heavy atom. The summed E-state index contributed by atoms with van der Waals surface area (Å²) in [5.41, 5.74) is -0.446. The molecule has 0 aliphatic carbocycles. The maximum absolute atomic E-state index is 11.9. The molecule has 110 valence electrons. The van der Waals surface area contributed by atoms with Crippen molar-refractivity contribution < 1.29 is 19.4 Å². The number of thiol groups is 1. The van der Waals surface area contributed by atoms with Gasteiger partial charge in [0.2, 0.25) is 5.91 Å². The van der Waals surface area contributed by atoms with Crippen LogP contribution in [0.2, 0.25) is 0 Å². The molecule has 0 aromatic rings. The lowest BCUT2D eigenvalue weighted by molar-refractivity contribution is -0.160. The van der Waals surface area contributed by atoms with Gasteiger partial charge in [-0.15, -0.1) is 0 Å². The van der Waals surface area contributed by atoms with Crippen LogP contribution >= 0.6 is 12.6 Å². The molecule has 1 N–H and O–H groups in total. The fourth-order valence-electron chi connectivity index (χ4n) is 2.41. The number of nitrogens with zero attached hydrogens (tertiary/aromatic N) is 1. The number of carbonyl (C=O) groups is 2. The molecule has 3 atom stereocenters. The molecule has 1 aliphatic rings. The first-order chi connectivity index (χ1) is 8.65. The Kier molecular flexibility index (Phi) is 5.26. The number of ether oxygens (including phenoxy) is 1. The third-order valence-electron chi connectivity index (χ3n) is 3.07. The van der Waals surface area contributed by atoms with Gasteiger partial charge in [0.05, 0.1) is 11.7 Å². The van der Waals surface area contributed by atoms with Crippen molar-refractivity contribution in [2.75, 3.05) is 12.3 Å². The largest absolute Gasteiger partial charge is 0.480 e. The van der Waals surface area contributed by atoms with Gasteiger partial charge in [0, 0.05) is 13.0 Å². The minimum absolute atomic E-state index is 0.125. The van der Waals surface area contributed by atoms with Crippen molar-refractivity contribution in [1.82, 2.24) is 4.90 Å². The van der Waals surface area contributed by atoms with Crippen LogP contribution in [0.4, 0.5) is 0 Å². The van der Waals surface area contributed by atoms with Crippen LogP contribution in [0.3, 0.4) is 0 Å². The summed E-state index contributed by atoms with van der Waals surface area (Å²) in [5.74, 6) is -0.441. The molecule has 0 bridgehead atoms. The number of likely N-dealkylation sites (tertiary alicyclic amines) is 1. The van der Waals surface area contributed by atoms with Gasteiger partial charge in [0.25, 0.3) is 0 Å². The highest BCUT2D eigenvalue weighted by atomic mass is 32.1. The molecular weight excluding hydrogens is 266 g/mol. The minimum atomic E-state index is -1.02. The van der Waals surface area contributed by atoms with Gasteiger partial charge < -0.3 is 14.7 Å². The van der Waals surface area contributed by atoms with Crippen molar-refractivity contribution in [2.45, 2.75) is 51.9 Å². The molecule has 1 fully saturated rings. The minimum Gasteiger partial charge on any atom is -0.480 e. The van der Waals surface area contributed by atoms with E-state index >= 15 is 0 Å². The fourth-order valence-corrected chi connectivity index (χ4v) is 2.65. The summed E-state index contributed by atoms with van der Waals surface area (Å²) < 4.78 is 5.70. The average Bonchev–Trinajstić information content (AvgIpc) is 2.57. The van der Waals surface area contributed by atoms with Crippen molar-refractivity contribution in [2.24, 2.45) is 5.92 Å². The number of aliphatic carboxylic acids is 1. The van der Waals surface area contributed by atoms with E-state index in [-0.39, 0.29) is 11.8 Å². The van der Waals surface area contributed by atoms with Crippen LogP contribution in [0, 0.1) is 5.92 Å². The molecule has 1 aliphatic heterocycles. The topological polar surface area (TPSA) is 66.8 Å². The molecule has 0 saturated carbocycles. The van der Waals surface area contributed by atoms with Crippen LogP contribution in [0.5, 0.6) is 0 Å². The van der Waals surface area contributed by atoms with Gasteiger partial charge in [-0.3, -0.25) is 4.79 Å². The van der Waals surface area contributed by atoms with Crippen molar-refractivity contribution in [3.8, 4) is 0 Å². The van der Waals surface area contributed by atoms with E-state index in [1.54, 1.807) is 6.92 Å². The molecule has 1 rings (SSSR count). The van der Waals surface area contributed by atoms with Crippen molar-refractivity contribution in [3.63, 3.8) is 0 Å². The lowest BCUT2D eigenvalue weighted by Gasteiger charge is -2.33. The van der Waals surface area contributed by atoms with Crippen LogP contribution in [0.25, 0.3) is 0 Å². The molecule has 6 heteroatoms. The lowest BCUT2D eigenvalue weighted by Crippen LogP contribution is -2.51. The van der Waals surface area contributed by atoms with Crippen LogP contribution < -0.4 is 0 Å². The summed E-state index contributed by atoms with van der Waals surface area (Å²) in [6.45, 7) is 7.74. The molecule has 0 aromatic carbocycles. The van der Waals surface area contributed by atoms with Crippen molar-refractivity contribution in [1.29, 1.82) is 0 Å². The first-order valence-corrected chi connectivity index (χ1v) is 7.10. The fraction of sp³-hybridized carbons (Fsp3) is 0.846. The van der Waals surface area contributed by atoms with E-state index in [1.165, 1.54) is 4.90 Å². The van der Waals surface area contributed by atoms with E-state index < -0.39 is 23.7 Å². The Morgan fingerprint density at radius 2 is 2.16 bits per heavy atom. The Balaban J connectivity index is 2.84. The summed E-state index contributed by atoms with van der Waals surface area (Å²) in [7, 11) is 0. The van der Waals surface area contributed by atoms with E-state index in [9.17, 15) is 14.7 Å². The highest BCUT2D eigenvalue weighted by Gasteiger charge is 2.41. The summed E-state index contributed by atoms with van der Waals surface area (Å²) in [6, 6.07) is -0.934. The highest BCUT2D eigenvalue weighted by Crippen LogP contribution is 2.25. The Morgan fingerprint density at radius 1 is 1.58 bits per heavy atom. The van der Waals surface area contributed by atoms with Crippen LogP contribution in [-0.2, 0) is 14.3 Å². The molecule has 0 aromatic heterocycles. The second-order valence-electron chi connectivity index (χ2n) is 6.02. The molecule has 19 heavy (non-hydrogen) atoms. The molecule has 1 heterocycles. The smallest absolute Gasteiger partial charge is 0.329 e. The van der Waals surface area contributed by atoms with Gasteiger partial charge in [-0.25, -0.2) is 4.79 Å². The number of carboxylic acids is 1. The Bertz CT molecular complexity index is 353. The summed E-state index contributed by atoms with van der Waals surface area (Å²) in [5, 5.41) is 9.38. The first kappa shape index (κ1) is 16.3. The lowest BCUT2D eigenvalue weighted by atomic mass is 10.1. The van der Waals surface area contributed by atoms with Crippen LogP contribution in [-0.4, -0.2) is 51.9 Å². The summed E-state index contributed by atoms with van der Waals surface area (Å²) in [6.07, 6.45) is -0.185. The van der Waals surface area contributed by atoms with Crippen LogP contribution in [0.15, 0.2) is 0 Å². The van der Waals surface area contributed by atoms with E-state index in [1.807, 2.05) is 20.8 Å². The Hall–Kier alpha value is -0.750. The molecule has 5 nitrogen and oxygen atoms in total. The maximum atomic E-state index is 11.9. The first-order valence-electron chi connectivity index (χ1n) is 6.46. The van der Waals surface area contributed by atoms with E-state index in [2.05, 4.69) is 12.6 Å². The predicted molar refractivity (Wildman–Crippen MR) is 75.4 cm³/mol. The zero-order valence-corrected chi connectivity index (χ0v) is 12.8. The zero-order valence-electron chi connectivity index (χ0n) is 11.9. The summed E-state index contributed by atoms with van der Waals surface area (Å²) in [4.78, 5) is 24.8. The van der Waals surface area contributed by atoms with Gasteiger partial charge in [-0.05, 0) is 39.4 Å². The standard InChI is InChI=1S/C13H23NO4S/c1-8(18-13(2,3)4)11(12(16)17)14-6-9(7-19)5-10(14)15/h8-9,11,19H,5-7H2,1-4H3,(H,16,17)/t8-,9?,11+/m0/s1. The molecule has 1 saturated heterocycles. The second-order valence-corrected chi connectivity index (χ2v) is 6.38. The average molecular weight is 289 g/mol. The van der Waals surface area contributed by atoms with Gasteiger partial charge >= 0.3 is 5.97 Å². The van der Waals surface area contributed by atoms with Gasteiger partial charge in [-0.1, -0.05) is 0 Å². The monoisotopic (exact) mass is 289 g/mol. The SMILES string of the molecule is C[C@H](OC(C)(C)C)[C@H](C(=O)O)N1CC(CS)CC1=O. The van der Waals surface area contributed by atoms with Gasteiger partial charge in [0.1, 0.15) is 0 Å². The number of carbonyl (C=O) groups excluding carboxylic acids is 1. The predicted octanol–water partition coefficient (Wildman–Crippen LogP) is 1.42. The van der Waals surface area contributed by atoms with Crippen LogP contribution in [0.1, 0.15) is 34.1 Å². The maximum Gasteiger partial charge on any atom is 0.329 e. The van der Waals surface area contributed by atoms with Gasteiger partial charge in [-0.2, -0.15) is 12.6 Å². The van der Waals surface area contributed by atoms with Gasteiger partial charge in [0.15, 0.2) is 6.04 Å². The van der Waals surface area contributed by atoms with E-state index in [4.69, 9.17) is 4.74 Å². The van der Waals surface area contributed by atoms with E-state index in [0.717, 1.165) is 0 Å².